The molecule has 1 atom stereocenters. The summed E-state index contributed by atoms with van der Waals surface area (Å²) in [5, 5.41) is 0.940. The molecule has 0 radical (unpaired) electrons. The third-order valence-electron chi connectivity index (χ3n) is 4.78. The molecule has 5 heteroatoms. The quantitative estimate of drug-likeness (QED) is 0.739. The Morgan fingerprint density at radius 3 is 2.92 bits per heavy atom. The number of ether oxygens (including phenoxy) is 1. The van der Waals surface area contributed by atoms with E-state index in [0.29, 0.717) is 18.9 Å². The summed E-state index contributed by atoms with van der Waals surface area (Å²) in [5.74, 6) is 0.322. The van der Waals surface area contributed by atoms with Crippen LogP contribution in [0.4, 0.5) is 0 Å². The van der Waals surface area contributed by atoms with Crippen molar-refractivity contribution >= 4 is 16.9 Å². The lowest BCUT2D eigenvalue weighted by atomic mass is 10.1. The van der Waals surface area contributed by atoms with Gasteiger partial charge < -0.3 is 18.6 Å². The van der Waals surface area contributed by atoms with Crippen LogP contribution >= 0.6 is 0 Å². The van der Waals surface area contributed by atoms with Crippen LogP contribution in [-0.4, -0.2) is 29.0 Å². The fourth-order valence-corrected chi connectivity index (χ4v) is 3.55. The van der Waals surface area contributed by atoms with Crippen LogP contribution in [0.5, 0.6) is 0 Å². The van der Waals surface area contributed by atoms with Crippen LogP contribution in [-0.2, 0) is 17.9 Å². The van der Waals surface area contributed by atoms with E-state index in [0.717, 1.165) is 28.8 Å². The van der Waals surface area contributed by atoms with Crippen molar-refractivity contribution in [1.29, 1.82) is 0 Å². The number of nitrogens with zero attached hydrogens (tertiary/aromatic N) is 2. The van der Waals surface area contributed by atoms with Crippen LogP contribution in [0, 0.1) is 0 Å². The second-order valence-electron chi connectivity index (χ2n) is 6.14. The van der Waals surface area contributed by atoms with Crippen molar-refractivity contribution in [1.82, 2.24) is 9.47 Å². The molecule has 3 aromatic rings. The summed E-state index contributed by atoms with van der Waals surface area (Å²) in [6, 6.07) is 11.8. The Morgan fingerprint density at radius 2 is 2.08 bits per heavy atom. The van der Waals surface area contributed by atoms with Crippen molar-refractivity contribution in [2.24, 2.45) is 0 Å². The zero-order valence-corrected chi connectivity index (χ0v) is 13.9. The zero-order chi connectivity index (χ0) is 16.7. The van der Waals surface area contributed by atoms with E-state index in [1.807, 2.05) is 35.2 Å². The molecule has 0 saturated carbocycles. The van der Waals surface area contributed by atoms with Gasteiger partial charge in [-0.15, -0.1) is 0 Å². The van der Waals surface area contributed by atoms with Crippen molar-refractivity contribution < 1.29 is 13.9 Å². The first-order chi connectivity index (χ1) is 11.7. The van der Waals surface area contributed by atoms with Crippen molar-refractivity contribution in [2.45, 2.75) is 26.1 Å². The first-order valence-electron chi connectivity index (χ1n) is 8.16. The highest BCUT2D eigenvalue weighted by Gasteiger charge is 2.32. The van der Waals surface area contributed by atoms with Gasteiger partial charge in [-0.2, -0.15) is 0 Å². The topological polar surface area (TPSA) is 47.6 Å². The van der Waals surface area contributed by atoms with Crippen LogP contribution in [0.3, 0.4) is 0 Å². The van der Waals surface area contributed by atoms with Gasteiger partial charge in [0.25, 0.3) is 5.91 Å². The zero-order valence-electron chi connectivity index (χ0n) is 13.9. The predicted octanol–water partition coefficient (Wildman–Crippen LogP) is 3.60. The van der Waals surface area contributed by atoms with E-state index in [9.17, 15) is 4.79 Å². The Morgan fingerprint density at radius 1 is 1.25 bits per heavy atom. The molecule has 0 spiro atoms. The Hall–Kier alpha value is -2.53. The first kappa shape index (κ1) is 15.0. The van der Waals surface area contributed by atoms with E-state index < -0.39 is 0 Å². The minimum atomic E-state index is -0.0711. The number of methoxy groups -OCH3 is 1. The van der Waals surface area contributed by atoms with Crippen molar-refractivity contribution in [2.75, 3.05) is 13.7 Å². The predicted molar refractivity (Wildman–Crippen MR) is 90.8 cm³/mol. The Labute approximate surface area is 140 Å². The molecule has 1 aliphatic rings. The molecule has 24 heavy (non-hydrogen) atoms. The molecule has 0 N–H and O–H groups in total. The summed E-state index contributed by atoms with van der Waals surface area (Å²) >= 11 is 0. The molecule has 0 unspecified atom stereocenters. The molecule has 3 heterocycles. The van der Waals surface area contributed by atoms with Crippen LogP contribution in [0.2, 0.25) is 0 Å². The number of para-hydroxylation sites is 1. The highest BCUT2D eigenvalue weighted by molar-refractivity contribution is 5.99. The summed E-state index contributed by atoms with van der Waals surface area (Å²) in [4.78, 5) is 15.1. The molecule has 0 aliphatic carbocycles. The average Bonchev–Trinajstić information content (AvgIpc) is 3.21. The third kappa shape index (κ3) is 2.24. The van der Waals surface area contributed by atoms with Crippen molar-refractivity contribution in [3.8, 4) is 0 Å². The Bertz CT molecular complexity index is 893. The number of carbonyl (C=O) groups excluding carboxylic acids is 1. The number of aromatic nitrogens is 1. The van der Waals surface area contributed by atoms with Gasteiger partial charge in [0.15, 0.2) is 5.76 Å². The van der Waals surface area contributed by atoms with Crippen molar-refractivity contribution in [3.63, 3.8) is 0 Å². The highest BCUT2D eigenvalue weighted by Crippen LogP contribution is 2.31. The summed E-state index contributed by atoms with van der Waals surface area (Å²) in [7, 11) is 1.63. The van der Waals surface area contributed by atoms with E-state index in [1.54, 1.807) is 7.11 Å². The number of benzene rings is 1. The number of hydrogen-bond acceptors (Lipinski definition) is 3. The van der Waals surface area contributed by atoms with E-state index in [-0.39, 0.29) is 11.9 Å². The van der Waals surface area contributed by atoms with Gasteiger partial charge in [0.2, 0.25) is 0 Å². The number of fused-ring (bicyclic) bond motifs is 2. The van der Waals surface area contributed by atoms with Crippen molar-refractivity contribution in [3.05, 3.63) is 59.6 Å². The summed E-state index contributed by atoms with van der Waals surface area (Å²) in [6.45, 7) is 3.89. The fourth-order valence-electron chi connectivity index (χ4n) is 3.55. The van der Waals surface area contributed by atoms with E-state index in [2.05, 4.69) is 23.8 Å². The molecule has 1 aromatic carbocycles. The molecule has 0 bridgehead atoms. The largest absolute Gasteiger partial charge is 0.451 e. The van der Waals surface area contributed by atoms with Crippen LogP contribution < -0.4 is 0 Å². The molecule has 1 aliphatic heterocycles. The lowest BCUT2D eigenvalue weighted by Crippen LogP contribution is -2.40. The number of rotatable bonds is 3. The highest BCUT2D eigenvalue weighted by atomic mass is 16.5. The molecule has 1 amide bonds. The van der Waals surface area contributed by atoms with Gasteiger partial charge in [-0.1, -0.05) is 18.2 Å². The maximum atomic E-state index is 13.2. The lowest BCUT2D eigenvalue weighted by Gasteiger charge is -2.34. The maximum Gasteiger partial charge on any atom is 0.290 e. The molecule has 5 nitrogen and oxygen atoms in total. The molecule has 2 aromatic heterocycles. The van der Waals surface area contributed by atoms with Gasteiger partial charge in [-0.25, -0.2) is 0 Å². The second kappa shape index (κ2) is 5.83. The van der Waals surface area contributed by atoms with E-state index in [4.69, 9.17) is 9.15 Å². The Kier molecular flexibility index (Phi) is 3.65. The second-order valence-corrected chi connectivity index (χ2v) is 6.14. The summed E-state index contributed by atoms with van der Waals surface area (Å²) in [5.41, 5.74) is 2.70. The monoisotopic (exact) mass is 324 g/mol. The molecular weight excluding hydrogens is 304 g/mol. The molecular formula is C19H20N2O3. The van der Waals surface area contributed by atoms with Crippen LogP contribution in [0.1, 0.15) is 34.8 Å². The molecule has 0 saturated heterocycles. The third-order valence-corrected chi connectivity index (χ3v) is 4.78. The van der Waals surface area contributed by atoms with Gasteiger partial charge in [-0.05, 0) is 25.1 Å². The van der Waals surface area contributed by atoms with Gasteiger partial charge >= 0.3 is 0 Å². The fraction of sp³-hybridized carbons (Fsp3) is 0.316. The first-order valence-corrected chi connectivity index (χ1v) is 8.16. The number of furan rings is 1. The maximum absolute atomic E-state index is 13.2. The van der Waals surface area contributed by atoms with Gasteiger partial charge in [-0.3, -0.25) is 4.79 Å². The normalized spacial score (nSPS) is 17.2. The molecule has 4 rings (SSSR count). The molecule has 124 valence electrons. The van der Waals surface area contributed by atoms with E-state index >= 15 is 0 Å². The molecule has 0 fully saturated rings. The number of amides is 1. The number of hydrogen-bond donors (Lipinski definition) is 0. The summed E-state index contributed by atoms with van der Waals surface area (Å²) in [6.07, 6.45) is 2.06. The lowest BCUT2D eigenvalue weighted by molar-refractivity contribution is 0.0607. The Balaban J connectivity index is 1.75. The van der Waals surface area contributed by atoms with Crippen LogP contribution in [0.15, 0.2) is 47.0 Å². The average molecular weight is 324 g/mol. The number of carbonyl (C=O) groups is 1. The SMILES string of the molecule is COCc1c(C(=O)N2CCn3cccc3[C@@H]2C)oc2ccccc12. The van der Waals surface area contributed by atoms with Crippen LogP contribution in [0.25, 0.3) is 11.0 Å². The minimum absolute atomic E-state index is 0.0184. The van der Waals surface area contributed by atoms with Gasteiger partial charge in [0.05, 0.1) is 12.6 Å². The standard InChI is InChI=1S/C19H20N2O3/c1-13-16-7-5-9-20(16)10-11-21(13)19(22)18-15(12-23-2)14-6-3-4-8-17(14)24-18/h3-9,13H,10-12H2,1-2H3/t13-/m0/s1. The summed E-state index contributed by atoms with van der Waals surface area (Å²) < 4.78 is 13.4. The smallest absolute Gasteiger partial charge is 0.290 e. The van der Waals surface area contributed by atoms with Gasteiger partial charge in [0.1, 0.15) is 5.58 Å². The minimum Gasteiger partial charge on any atom is -0.451 e. The van der Waals surface area contributed by atoms with E-state index in [1.165, 1.54) is 0 Å². The van der Waals surface area contributed by atoms with Gasteiger partial charge in [0, 0.05) is 43.0 Å².